The second-order valence-electron chi connectivity index (χ2n) is 17.2. The summed E-state index contributed by atoms with van der Waals surface area (Å²) >= 11 is 6.88. The van der Waals surface area contributed by atoms with Crippen molar-refractivity contribution in [1.29, 1.82) is 0 Å². The number of aryl methyl sites for hydroxylation is 4. The fraction of sp³-hybridized carbons (Fsp3) is 0.347. The SMILES string of the molecule is CCOC(=O)Nc1nnc(CCCCc2nnc(NC(=O)Cc3cccc(-c4ccc(C5COC(=O)N5CC(=O)Nc5nnc(CCSCCc6nnc(NC(=O)CN7C(=O)OCC7c7ccccc7)s6)s5)cc4)c3)s2)s1. The Morgan fingerprint density at radius 1 is 0.571 bits per heavy atom. The number of nitrogens with one attached hydrogen (secondary N) is 4. The molecule has 28 heteroatoms. The highest BCUT2D eigenvalue weighted by molar-refractivity contribution is 7.99. The van der Waals surface area contributed by atoms with Crippen molar-refractivity contribution < 1.29 is 43.0 Å². The van der Waals surface area contributed by atoms with Gasteiger partial charge in [0.05, 0.1) is 25.1 Å². The molecule has 9 rings (SSSR count). The number of nitrogens with zero attached hydrogens (tertiary/aromatic N) is 10. The van der Waals surface area contributed by atoms with Gasteiger partial charge in [-0.1, -0.05) is 124 Å². The minimum Gasteiger partial charge on any atom is -0.450 e. The Kier molecular flexibility index (Phi) is 18.7. The Bertz CT molecular complexity index is 3170. The quantitative estimate of drug-likeness (QED) is 0.0313. The number of benzene rings is 3. The highest BCUT2D eigenvalue weighted by atomic mass is 32.2. The van der Waals surface area contributed by atoms with Gasteiger partial charge in [0.15, 0.2) is 0 Å². The lowest BCUT2D eigenvalue weighted by Gasteiger charge is -2.21. The summed E-state index contributed by atoms with van der Waals surface area (Å²) in [5, 5.41) is 48.7. The third-order valence-corrected chi connectivity index (χ3v) is 16.3. The lowest BCUT2D eigenvalue weighted by atomic mass is 9.98. The maximum atomic E-state index is 13.2. The number of carbonyl (C=O) groups excluding carboxylic acids is 6. The van der Waals surface area contributed by atoms with E-state index in [9.17, 15) is 28.8 Å². The number of rotatable bonds is 25. The zero-order chi connectivity index (χ0) is 53.5. The van der Waals surface area contributed by atoms with Crippen LogP contribution in [0.4, 0.5) is 34.9 Å². The maximum Gasteiger partial charge on any atom is 0.413 e. The molecule has 2 aliphatic heterocycles. The first kappa shape index (κ1) is 54.3. The monoisotopic (exact) mass is 1140 g/mol. The van der Waals surface area contributed by atoms with E-state index in [0.29, 0.717) is 46.2 Å². The predicted molar refractivity (Wildman–Crippen MR) is 291 cm³/mol. The summed E-state index contributed by atoms with van der Waals surface area (Å²) in [5.74, 6) is 0.458. The lowest BCUT2D eigenvalue weighted by Crippen LogP contribution is -2.35. The van der Waals surface area contributed by atoms with E-state index in [0.717, 1.165) is 72.2 Å². The van der Waals surface area contributed by atoms with Crippen LogP contribution in [-0.4, -0.2) is 131 Å². The van der Waals surface area contributed by atoms with Gasteiger partial charge in [-0.15, -0.1) is 40.8 Å². The van der Waals surface area contributed by atoms with Gasteiger partial charge in [-0.25, -0.2) is 14.4 Å². The lowest BCUT2D eigenvalue weighted by molar-refractivity contribution is -0.117. The zero-order valence-corrected chi connectivity index (χ0v) is 45.3. The minimum atomic E-state index is -0.597. The standard InChI is InChI=1S/C49H50N14O9S5/c1-2-70-47(67)53-46-61-55-40(75-46)14-7-6-13-39-54-58-43(74-39)50-36(64)24-29-9-8-12-33(23-29)30-15-17-32(18-16-30)35-28-72-49(69)63(35)26-38(66)52-45-60-57-42(77-45)20-22-73-21-19-41-56-59-44(76-41)51-37(65)25-62-34(27-71-48(62)68)31-10-4-3-5-11-31/h3-5,8-12,15-18,23,34-35H,2,6-7,13-14,19-22,24-28H2,1H3,(H,50,58,64)(H,51,59,65)(H,52,60,66)(H,53,61,67). The summed E-state index contributed by atoms with van der Waals surface area (Å²) in [6.07, 6.45) is 2.77. The average molecular weight is 1140 g/mol. The van der Waals surface area contributed by atoms with Crippen molar-refractivity contribution >= 4 is 114 Å². The number of cyclic esters (lactones) is 2. The Morgan fingerprint density at radius 2 is 1.05 bits per heavy atom. The van der Waals surface area contributed by atoms with Crippen LogP contribution in [0.15, 0.2) is 78.9 Å². The van der Waals surface area contributed by atoms with Gasteiger partial charge < -0.3 is 19.5 Å². The van der Waals surface area contributed by atoms with E-state index in [4.69, 9.17) is 14.2 Å². The molecule has 0 spiro atoms. The molecule has 2 atom stereocenters. The van der Waals surface area contributed by atoms with Gasteiger partial charge in [-0.3, -0.25) is 40.1 Å². The molecular formula is C49H50N14O9S5. The van der Waals surface area contributed by atoms with Gasteiger partial charge in [0.2, 0.25) is 38.2 Å². The number of hydrogen-bond acceptors (Lipinski definition) is 22. The van der Waals surface area contributed by atoms with Crippen LogP contribution in [-0.2, 0) is 60.7 Å². The van der Waals surface area contributed by atoms with Crippen LogP contribution in [0.5, 0.6) is 0 Å². The Labute approximate surface area is 461 Å². The van der Waals surface area contributed by atoms with Crippen LogP contribution in [0.2, 0.25) is 0 Å². The van der Waals surface area contributed by atoms with Gasteiger partial charge in [-0.2, -0.15) is 11.8 Å². The smallest absolute Gasteiger partial charge is 0.413 e. The zero-order valence-electron chi connectivity index (χ0n) is 41.2. The van der Waals surface area contributed by atoms with E-state index in [2.05, 4.69) is 62.1 Å². The topological polar surface area (TPSA) is 288 Å². The van der Waals surface area contributed by atoms with Crippen molar-refractivity contribution in [1.82, 2.24) is 50.6 Å². The summed E-state index contributed by atoms with van der Waals surface area (Å²) in [5.41, 5.74) is 4.30. The van der Waals surface area contributed by atoms with Crippen LogP contribution in [0.25, 0.3) is 11.1 Å². The first-order valence-electron chi connectivity index (χ1n) is 24.3. The molecule has 400 valence electrons. The fourth-order valence-corrected chi connectivity index (χ4v) is 12.3. The molecule has 0 aliphatic carbocycles. The van der Waals surface area contributed by atoms with E-state index < -0.39 is 30.2 Å². The molecule has 3 aromatic carbocycles. The Hall–Kier alpha value is -7.53. The molecule has 6 amide bonds. The van der Waals surface area contributed by atoms with E-state index in [1.54, 1.807) is 18.7 Å². The van der Waals surface area contributed by atoms with E-state index >= 15 is 0 Å². The van der Waals surface area contributed by atoms with Crippen LogP contribution in [0.3, 0.4) is 0 Å². The Morgan fingerprint density at radius 3 is 1.57 bits per heavy atom. The highest BCUT2D eigenvalue weighted by Gasteiger charge is 2.37. The number of hydrogen-bond donors (Lipinski definition) is 4. The number of anilines is 4. The van der Waals surface area contributed by atoms with E-state index in [1.165, 1.54) is 55.1 Å². The van der Waals surface area contributed by atoms with Gasteiger partial charge in [0.25, 0.3) is 0 Å². The van der Waals surface area contributed by atoms with Crippen molar-refractivity contribution in [2.45, 2.75) is 64.0 Å². The van der Waals surface area contributed by atoms with Gasteiger partial charge in [-0.05, 0) is 59.1 Å². The molecule has 4 N–H and O–H groups in total. The first-order valence-corrected chi connectivity index (χ1v) is 28.8. The van der Waals surface area contributed by atoms with Crippen molar-refractivity contribution in [2.24, 2.45) is 0 Å². The molecule has 7 aromatic rings. The third kappa shape index (κ3) is 15.3. The highest BCUT2D eigenvalue weighted by Crippen LogP contribution is 2.32. The Balaban J connectivity index is 0.666. The summed E-state index contributed by atoms with van der Waals surface area (Å²) in [6, 6.07) is 23.9. The van der Waals surface area contributed by atoms with Gasteiger partial charge in [0, 0.05) is 25.7 Å². The number of ether oxygens (including phenoxy) is 3. The molecule has 4 aromatic heterocycles. The maximum absolute atomic E-state index is 13.2. The molecule has 0 saturated carbocycles. The van der Waals surface area contributed by atoms with Gasteiger partial charge in [0.1, 0.15) is 46.3 Å². The van der Waals surface area contributed by atoms with Crippen LogP contribution >= 0.6 is 57.1 Å². The number of amides is 6. The normalized spacial score (nSPS) is 15.0. The van der Waals surface area contributed by atoms with Crippen molar-refractivity contribution in [3.63, 3.8) is 0 Å². The first-order chi connectivity index (χ1) is 37.5. The van der Waals surface area contributed by atoms with Crippen LogP contribution < -0.4 is 21.3 Å². The summed E-state index contributed by atoms with van der Waals surface area (Å²) in [7, 11) is 0. The van der Waals surface area contributed by atoms with Crippen molar-refractivity contribution in [3.8, 4) is 11.1 Å². The fourth-order valence-electron chi connectivity index (χ4n) is 8.06. The van der Waals surface area contributed by atoms with E-state index in [-0.39, 0.29) is 57.2 Å². The number of thioether (sulfide) groups is 1. The van der Waals surface area contributed by atoms with E-state index in [1.807, 2.05) is 78.9 Å². The molecule has 23 nitrogen and oxygen atoms in total. The van der Waals surface area contributed by atoms with Crippen LogP contribution in [0, 0.1) is 0 Å². The molecule has 0 bridgehead atoms. The van der Waals surface area contributed by atoms with Crippen LogP contribution in [0.1, 0.15) is 68.6 Å². The average Bonchev–Trinajstić information content (AvgIpc) is 4.32. The van der Waals surface area contributed by atoms with Crippen molar-refractivity contribution in [3.05, 3.63) is 116 Å². The number of aromatic nitrogens is 8. The largest absolute Gasteiger partial charge is 0.450 e. The molecule has 2 fully saturated rings. The molecule has 0 radical (unpaired) electrons. The molecular weight excluding hydrogens is 1090 g/mol. The minimum absolute atomic E-state index is 0.0860. The molecule has 2 saturated heterocycles. The molecule has 2 unspecified atom stereocenters. The second-order valence-corrected chi connectivity index (χ2v) is 22.6. The second kappa shape index (κ2) is 26.5. The summed E-state index contributed by atoms with van der Waals surface area (Å²) in [6.45, 7) is 1.84. The number of unbranched alkanes of at least 4 members (excludes halogenated alkanes) is 1. The summed E-state index contributed by atoms with van der Waals surface area (Å²) in [4.78, 5) is 78.6. The van der Waals surface area contributed by atoms with Gasteiger partial charge >= 0.3 is 18.3 Å². The number of carbonyl (C=O) groups is 6. The molecule has 6 heterocycles. The molecule has 77 heavy (non-hydrogen) atoms. The van der Waals surface area contributed by atoms with Crippen molar-refractivity contribution in [2.75, 3.05) is 65.7 Å². The molecule has 2 aliphatic rings. The predicted octanol–water partition coefficient (Wildman–Crippen LogP) is 7.86. The summed E-state index contributed by atoms with van der Waals surface area (Å²) < 4.78 is 15.5. The third-order valence-electron chi connectivity index (χ3n) is 11.7.